The third kappa shape index (κ3) is 5.01. The van der Waals surface area contributed by atoms with Crippen LogP contribution >= 0.6 is 11.3 Å². The van der Waals surface area contributed by atoms with E-state index in [9.17, 15) is 0 Å². The Labute approximate surface area is 125 Å². The van der Waals surface area contributed by atoms with Crippen molar-refractivity contribution in [3.05, 3.63) is 11.1 Å². The summed E-state index contributed by atoms with van der Waals surface area (Å²) in [5.41, 5.74) is 0. The van der Waals surface area contributed by atoms with Crippen LogP contribution in [-0.4, -0.2) is 52.1 Å². The molecule has 1 saturated heterocycles. The van der Waals surface area contributed by atoms with Crippen molar-refractivity contribution < 1.29 is 9.47 Å². The van der Waals surface area contributed by atoms with Gasteiger partial charge >= 0.3 is 0 Å². The highest BCUT2D eigenvalue weighted by Crippen LogP contribution is 2.24. The second-order valence-electron chi connectivity index (χ2n) is 5.21. The maximum atomic E-state index is 5.41. The van der Waals surface area contributed by atoms with Crippen LogP contribution in [-0.2, 0) is 16.0 Å². The van der Waals surface area contributed by atoms with Gasteiger partial charge in [-0.3, -0.25) is 0 Å². The Morgan fingerprint density at radius 1 is 1.50 bits per heavy atom. The average Bonchev–Trinajstić information content (AvgIpc) is 2.94. The molecule has 1 aliphatic rings. The third-order valence-electron chi connectivity index (χ3n) is 3.52. The Bertz CT molecular complexity index is 380. The van der Waals surface area contributed by atoms with Crippen LogP contribution in [0, 0.1) is 5.92 Å². The van der Waals surface area contributed by atoms with Crippen molar-refractivity contribution in [3.63, 3.8) is 0 Å². The number of methoxy groups -OCH3 is 1. The molecule has 0 bridgehead atoms. The Hall–Kier alpha value is -0.690. The van der Waals surface area contributed by atoms with Crippen LogP contribution in [0.4, 0.5) is 5.13 Å². The first-order chi connectivity index (χ1) is 9.79. The smallest absolute Gasteiger partial charge is 0.185 e. The summed E-state index contributed by atoms with van der Waals surface area (Å²) in [6.07, 6.45) is 4.31. The van der Waals surface area contributed by atoms with Gasteiger partial charge in [0.25, 0.3) is 0 Å². The van der Waals surface area contributed by atoms with Gasteiger partial charge in [-0.2, -0.15) is 0 Å². The van der Waals surface area contributed by atoms with Crippen LogP contribution in [0.2, 0.25) is 0 Å². The maximum Gasteiger partial charge on any atom is 0.185 e. The predicted octanol–water partition coefficient (Wildman–Crippen LogP) is 1.74. The number of hydrogen-bond donors (Lipinski definition) is 1. The fourth-order valence-electron chi connectivity index (χ4n) is 2.34. The monoisotopic (exact) mass is 299 g/mol. The largest absolute Gasteiger partial charge is 0.383 e. The lowest BCUT2D eigenvalue weighted by molar-refractivity contribution is 0.0685. The molecule has 0 atom stereocenters. The SMILES string of the molecule is COCCNCc1cnc(N(C)CC2CCOCC2)s1. The molecular weight excluding hydrogens is 274 g/mol. The zero-order chi connectivity index (χ0) is 14.2. The number of thiazole rings is 1. The van der Waals surface area contributed by atoms with Crippen molar-refractivity contribution in [2.45, 2.75) is 19.4 Å². The summed E-state index contributed by atoms with van der Waals surface area (Å²) in [6.45, 7) is 5.38. The highest BCUT2D eigenvalue weighted by atomic mass is 32.1. The van der Waals surface area contributed by atoms with Crippen LogP contribution in [0.5, 0.6) is 0 Å². The van der Waals surface area contributed by atoms with E-state index >= 15 is 0 Å². The number of aromatic nitrogens is 1. The van der Waals surface area contributed by atoms with Gasteiger partial charge in [0.05, 0.1) is 6.61 Å². The van der Waals surface area contributed by atoms with Gasteiger partial charge in [0.1, 0.15) is 0 Å². The molecular formula is C14H25N3O2S. The molecule has 1 N–H and O–H groups in total. The van der Waals surface area contributed by atoms with Gasteiger partial charge in [-0.25, -0.2) is 4.98 Å². The van der Waals surface area contributed by atoms with E-state index < -0.39 is 0 Å². The van der Waals surface area contributed by atoms with Crippen LogP contribution in [0.15, 0.2) is 6.20 Å². The average molecular weight is 299 g/mol. The van der Waals surface area contributed by atoms with Crippen molar-refractivity contribution in [1.29, 1.82) is 0 Å². The van der Waals surface area contributed by atoms with Gasteiger partial charge in [0, 0.05) is 58.1 Å². The molecule has 2 rings (SSSR count). The quantitative estimate of drug-likeness (QED) is 0.741. The molecule has 0 saturated carbocycles. The third-order valence-corrected chi connectivity index (χ3v) is 4.63. The maximum absolute atomic E-state index is 5.41. The molecule has 20 heavy (non-hydrogen) atoms. The topological polar surface area (TPSA) is 46.6 Å². The Balaban J connectivity index is 1.75. The van der Waals surface area contributed by atoms with Crippen molar-refractivity contribution in [2.75, 3.05) is 52.0 Å². The van der Waals surface area contributed by atoms with E-state index in [1.807, 2.05) is 6.20 Å². The first-order valence-corrected chi connectivity index (χ1v) is 8.04. The molecule has 0 aromatic carbocycles. The van der Waals surface area contributed by atoms with Crippen molar-refractivity contribution in [1.82, 2.24) is 10.3 Å². The van der Waals surface area contributed by atoms with Crippen molar-refractivity contribution >= 4 is 16.5 Å². The predicted molar refractivity (Wildman–Crippen MR) is 82.5 cm³/mol. The van der Waals surface area contributed by atoms with Crippen LogP contribution in [0.3, 0.4) is 0 Å². The zero-order valence-electron chi connectivity index (χ0n) is 12.4. The molecule has 2 heterocycles. The van der Waals surface area contributed by atoms with E-state index in [0.717, 1.165) is 50.5 Å². The summed E-state index contributed by atoms with van der Waals surface area (Å²) in [4.78, 5) is 8.07. The number of nitrogens with zero attached hydrogens (tertiary/aromatic N) is 2. The number of nitrogens with one attached hydrogen (secondary N) is 1. The minimum Gasteiger partial charge on any atom is -0.383 e. The standard InChI is InChI=1S/C14H25N3O2S/c1-17(11-12-3-6-19-7-4-12)14-16-10-13(20-14)9-15-5-8-18-2/h10,12,15H,3-9,11H2,1-2H3. The van der Waals surface area contributed by atoms with E-state index in [4.69, 9.17) is 9.47 Å². The van der Waals surface area contributed by atoms with E-state index in [-0.39, 0.29) is 0 Å². The van der Waals surface area contributed by atoms with Crippen LogP contribution in [0.25, 0.3) is 0 Å². The summed E-state index contributed by atoms with van der Waals surface area (Å²) < 4.78 is 10.4. The number of anilines is 1. The molecule has 0 unspecified atom stereocenters. The summed E-state index contributed by atoms with van der Waals surface area (Å²) >= 11 is 1.77. The molecule has 1 aliphatic heterocycles. The van der Waals surface area contributed by atoms with Gasteiger partial charge in [0.15, 0.2) is 5.13 Å². The van der Waals surface area contributed by atoms with E-state index in [2.05, 4.69) is 22.2 Å². The highest BCUT2D eigenvalue weighted by Gasteiger charge is 2.17. The molecule has 1 fully saturated rings. The fraction of sp³-hybridized carbons (Fsp3) is 0.786. The molecule has 1 aromatic rings. The minimum atomic E-state index is 0.737. The summed E-state index contributed by atoms with van der Waals surface area (Å²) in [6, 6.07) is 0. The van der Waals surface area contributed by atoms with Crippen molar-refractivity contribution in [2.24, 2.45) is 5.92 Å². The van der Waals surface area contributed by atoms with Crippen LogP contribution < -0.4 is 10.2 Å². The fourth-order valence-corrected chi connectivity index (χ4v) is 3.19. The normalized spacial score (nSPS) is 16.5. The first-order valence-electron chi connectivity index (χ1n) is 7.23. The summed E-state index contributed by atoms with van der Waals surface area (Å²) in [7, 11) is 3.86. The summed E-state index contributed by atoms with van der Waals surface area (Å²) in [5, 5.41) is 4.46. The second-order valence-corrected chi connectivity index (χ2v) is 6.31. The second kappa shape index (κ2) is 8.56. The lowest BCUT2D eigenvalue weighted by Gasteiger charge is -2.26. The Morgan fingerprint density at radius 3 is 3.05 bits per heavy atom. The van der Waals surface area contributed by atoms with Gasteiger partial charge in [-0.15, -0.1) is 11.3 Å². The number of ether oxygens (including phenoxy) is 2. The van der Waals surface area contributed by atoms with E-state index in [0.29, 0.717) is 0 Å². The van der Waals surface area contributed by atoms with Gasteiger partial charge < -0.3 is 19.7 Å². The van der Waals surface area contributed by atoms with Crippen LogP contribution in [0.1, 0.15) is 17.7 Å². The highest BCUT2D eigenvalue weighted by molar-refractivity contribution is 7.15. The molecule has 0 aliphatic carbocycles. The minimum absolute atomic E-state index is 0.737. The Kier molecular flexibility index (Phi) is 6.72. The molecule has 0 radical (unpaired) electrons. The summed E-state index contributed by atoms with van der Waals surface area (Å²) in [5.74, 6) is 0.737. The lowest BCUT2D eigenvalue weighted by Crippen LogP contribution is -2.29. The molecule has 5 nitrogen and oxygen atoms in total. The van der Waals surface area contributed by atoms with Crippen molar-refractivity contribution in [3.8, 4) is 0 Å². The van der Waals surface area contributed by atoms with Gasteiger partial charge in [0.2, 0.25) is 0 Å². The van der Waals surface area contributed by atoms with Gasteiger partial charge in [-0.05, 0) is 18.8 Å². The van der Waals surface area contributed by atoms with Gasteiger partial charge in [-0.1, -0.05) is 0 Å². The molecule has 0 spiro atoms. The molecule has 114 valence electrons. The lowest BCUT2D eigenvalue weighted by atomic mass is 10.0. The molecule has 6 heteroatoms. The van der Waals surface area contributed by atoms with E-state index in [1.165, 1.54) is 17.7 Å². The molecule has 0 amide bonds. The zero-order valence-corrected chi connectivity index (χ0v) is 13.2. The first kappa shape index (κ1) is 15.7. The number of rotatable bonds is 8. The van der Waals surface area contributed by atoms with E-state index in [1.54, 1.807) is 18.4 Å². The number of hydrogen-bond acceptors (Lipinski definition) is 6. The molecule has 1 aromatic heterocycles. The Morgan fingerprint density at radius 2 is 2.30 bits per heavy atom.